The third kappa shape index (κ3) is 1.54. The Morgan fingerprint density at radius 1 is 1.07 bits per heavy atom. The lowest BCUT2D eigenvalue weighted by Gasteiger charge is -2.22. The number of rotatable bonds is 3. The monoisotopic (exact) mass is 258 g/mol. The molecule has 0 aromatic carbocycles. The van der Waals surface area contributed by atoms with Crippen molar-refractivity contribution < 1.29 is 0 Å². The zero-order valence-corrected chi connectivity index (χ0v) is 10.2. The maximum Gasteiger partial charge on any atom is 0.0184 e. The molecular weight excluding hydrogens is 240 g/mol. The number of likely N-dealkylation sites (tertiary alicyclic amines) is 2. The van der Waals surface area contributed by atoms with Crippen molar-refractivity contribution in [3.63, 3.8) is 0 Å². The van der Waals surface area contributed by atoms with Crippen LogP contribution in [0.1, 0.15) is 12.8 Å². The van der Waals surface area contributed by atoms with Crippen molar-refractivity contribution in [3.8, 4) is 0 Å². The van der Waals surface area contributed by atoms with E-state index in [1.807, 2.05) is 0 Å². The predicted molar refractivity (Wildman–Crippen MR) is 61.8 cm³/mol. The minimum Gasteiger partial charge on any atom is -0.302 e. The Morgan fingerprint density at radius 2 is 1.71 bits per heavy atom. The summed E-state index contributed by atoms with van der Waals surface area (Å²) in [5, 5.41) is 1.14. The van der Waals surface area contributed by atoms with E-state index in [1.54, 1.807) is 0 Å². The zero-order valence-electron chi connectivity index (χ0n) is 8.66. The fourth-order valence-electron chi connectivity index (χ4n) is 3.47. The molecule has 0 amide bonds. The highest BCUT2D eigenvalue weighted by atomic mass is 79.9. The van der Waals surface area contributed by atoms with Crippen molar-refractivity contribution in [2.24, 2.45) is 11.8 Å². The second kappa shape index (κ2) is 3.76. The molecule has 0 aromatic heterocycles. The molecular formula is C11H19BrN2. The van der Waals surface area contributed by atoms with Crippen LogP contribution in [-0.2, 0) is 0 Å². The summed E-state index contributed by atoms with van der Waals surface area (Å²) >= 11 is 3.52. The fourth-order valence-corrected chi connectivity index (χ4v) is 3.97. The summed E-state index contributed by atoms with van der Waals surface area (Å²) in [5.74, 6) is 2.07. The fraction of sp³-hybridized carbons (Fsp3) is 1.00. The average Bonchev–Trinajstić information content (AvgIpc) is 2.63. The third-order valence-electron chi connectivity index (χ3n) is 4.19. The van der Waals surface area contributed by atoms with E-state index in [0.29, 0.717) is 0 Å². The lowest BCUT2D eigenvalue weighted by atomic mass is 10.3. The number of halogens is 1. The van der Waals surface area contributed by atoms with Crippen LogP contribution >= 0.6 is 15.9 Å². The summed E-state index contributed by atoms with van der Waals surface area (Å²) in [6.07, 6.45) is 2.89. The van der Waals surface area contributed by atoms with Gasteiger partial charge in [-0.2, -0.15) is 0 Å². The van der Waals surface area contributed by atoms with Gasteiger partial charge in [-0.15, -0.1) is 0 Å². The molecule has 1 saturated carbocycles. The number of fused-ring (bicyclic) bond motifs is 1. The van der Waals surface area contributed by atoms with Crippen LogP contribution in [0.3, 0.4) is 0 Å². The lowest BCUT2D eigenvalue weighted by molar-refractivity contribution is 0.235. The van der Waals surface area contributed by atoms with E-state index in [-0.39, 0.29) is 0 Å². The largest absolute Gasteiger partial charge is 0.302 e. The summed E-state index contributed by atoms with van der Waals surface area (Å²) in [7, 11) is 0. The van der Waals surface area contributed by atoms with Crippen molar-refractivity contribution in [1.82, 2.24) is 9.80 Å². The van der Waals surface area contributed by atoms with Crippen LogP contribution < -0.4 is 0 Å². The molecule has 2 atom stereocenters. The first-order valence-electron chi connectivity index (χ1n) is 5.92. The first-order chi connectivity index (χ1) is 6.90. The molecule has 0 spiro atoms. The second-order valence-electron chi connectivity index (χ2n) is 5.01. The minimum absolute atomic E-state index is 0.990. The van der Waals surface area contributed by atoms with Crippen molar-refractivity contribution in [3.05, 3.63) is 0 Å². The molecule has 14 heavy (non-hydrogen) atoms. The van der Waals surface area contributed by atoms with Gasteiger partial charge in [0.05, 0.1) is 0 Å². The van der Waals surface area contributed by atoms with Gasteiger partial charge in [0.1, 0.15) is 0 Å². The molecule has 0 N–H and O–H groups in total. The van der Waals surface area contributed by atoms with E-state index in [1.165, 1.54) is 45.6 Å². The SMILES string of the molecule is BrCCN1CC2C(C1)C2N1CCCC1. The number of hydrogen-bond donors (Lipinski definition) is 0. The second-order valence-corrected chi connectivity index (χ2v) is 5.80. The van der Waals surface area contributed by atoms with Gasteiger partial charge in [0.25, 0.3) is 0 Å². The van der Waals surface area contributed by atoms with Gasteiger partial charge in [0.2, 0.25) is 0 Å². The molecule has 0 radical (unpaired) electrons. The summed E-state index contributed by atoms with van der Waals surface area (Å²) in [4.78, 5) is 5.37. The summed E-state index contributed by atoms with van der Waals surface area (Å²) in [6, 6.07) is 0.990. The molecule has 2 aliphatic heterocycles. The molecule has 0 bridgehead atoms. The van der Waals surface area contributed by atoms with Crippen LogP contribution in [-0.4, -0.2) is 53.9 Å². The van der Waals surface area contributed by atoms with Gasteiger partial charge in [0, 0.05) is 31.0 Å². The van der Waals surface area contributed by atoms with E-state index in [4.69, 9.17) is 0 Å². The Bertz CT molecular complexity index is 203. The number of nitrogens with zero attached hydrogens (tertiary/aromatic N) is 2. The Hall–Kier alpha value is 0.400. The van der Waals surface area contributed by atoms with E-state index in [9.17, 15) is 0 Å². The predicted octanol–water partition coefficient (Wildman–Crippen LogP) is 1.41. The topological polar surface area (TPSA) is 6.48 Å². The standard InChI is InChI=1S/C11H19BrN2/c12-3-6-13-7-9-10(8-13)11(9)14-4-1-2-5-14/h9-11H,1-8H2. The van der Waals surface area contributed by atoms with E-state index in [0.717, 1.165) is 23.2 Å². The van der Waals surface area contributed by atoms with Crippen molar-refractivity contribution in [2.75, 3.05) is 38.1 Å². The first kappa shape index (κ1) is 9.61. The van der Waals surface area contributed by atoms with Crippen LogP contribution in [0.25, 0.3) is 0 Å². The average molecular weight is 259 g/mol. The van der Waals surface area contributed by atoms with Crippen LogP contribution in [0.2, 0.25) is 0 Å². The third-order valence-corrected chi connectivity index (χ3v) is 4.54. The Kier molecular flexibility index (Phi) is 2.58. The van der Waals surface area contributed by atoms with Gasteiger partial charge in [-0.05, 0) is 37.8 Å². The maximum atomic E-state index is 3.52. The highest BCUT2D eigenvalue weighted by Crippen LogP contribution is 2.49. The number of hydrogen-bond acceptors (Lipinski definition) is 2. The highest BCUT2D eigenvalue weighted by Gasteiger charge is 2.57. The first-order valence-corrected chi connectivity index (χ1v) is 7.04. The molecule has 1 aliphatic carbocycles. The molecule has 3 rings (SSSR count). The Balaban J connectivity index is 1.51. The van der Waals surface area contributed by atoms with E-state index in [2.05, 4.69) is 25.7 Å². The molecule has 80 valence electrons. The van der Waals surface area contributed by atoms with E-state index < -0.39 is 0 Å². The molecule has 3 fully saturated rings. The quantitative estimate of drug-likeness (QED) is 0.707. The van der Waals surface area contributed by atoms with Gasteiger partial charge < -0.3 is 4.90 Å². The summed E-state index contributed by atoms with van der Waals surface area (Å²) in [6.45, 7) is 6.76. The van der Waals surface area contributed by atoms with Gasteiger partial charge in [-0.1, -0.05) is 15.9 Å². The zero-order chi connectivity index (χ0) is 9.54. The van der Waals surface area contributed by atoms with Gasteiger partial charge in [-0.3, -0.25) is 4.90 Å². The Labute approximate surface area is 94.8 Å². The van der Waals surface area contributed by atoms with Crippen LogP contribution in [0, 0.1) is 11.8 Å². The van der Waals surface area contributed by atoms with Crippen molar-refractivity contribution in [2.45, 2.75) is 18.9 Å². The number of piperidine rings is 1. The Morgan fingerprint density at radius 3 is 2.29 bits per heavy atom. The van der Waals surface area contributed by atoms with Crippen LogP contribution in [0.15, 0.2) is 0 Å². The molecule has 3 heteroatoms. The molecule has 2 saturated heterocycles. The lowest BCUT2D eigenvalue weighted by Crippen LogP contribution is -2.34. The number of alkyl halides is 1. The van der Waals surface area contributed by atoms with Gasteiger partial charge in [0.15, 0.2) is 0 Å². The highest BCUT2D eigenvalue weighted by molar-refractivity contribution is 9.09. The van der Waals surface area contributed by atoms with Crippen LogP contribution in [0.4, 0.5) is 0 Å². The molecule has 0 aromatic rings. The summed E-state index contributed by atoms with van der Waals surface area (Å²) < 4.78 is 0. The minimum atomic E-state index is 0.990. The molecule has 3 aliphatic rings. The van der Waals surface area contributed by atoms with Crippen LogP contribution in [0.5, 0.6) is 0 Å². The van der Waals surface area contributed by atoms with Gasteiger partial charge in [-0.25, -0.2) is 0 Å². The molecule has 2 heterocycles. The van der Waals surface area contributed by atoms with Crippen molar-refractivity contribution in [1.29, 1.82) is 0 Å². The molecule has 2 unspecified atom stereocenters. The van der Waals surface area contributed by atoms with Crippen molar-refractivity contribution >= 4 is 15.9 Å². The maximum absolute atomic E-state index is 3.52. The smallest absolute Gasteiger partial charge is 0.0184 e. The summed E-state index contributed by atoms with van der Waals surface area (Å²) in [5.41, 5.74) is 0. The normalized spacial score (nSPS) is 43.1. The van der Waals surface area contributed by atoms with E-state index >= 15 is 0 Å². The van der Waals surface area contributed by atoms with Gasteiger partial charge >= 0.3 is 0 Å². The molecule has 2 nitrogen and oxygen atoms in total.